The maximum Gasteiger partial charge on any atom is 0.0400 e. The number of para-hydroxylation sites is 1. The first-order valence-corrected chi connectivity index (χ1v) is 8.60. The van der Waals surface area contributed by atoms with Gasteiger partial charge in [0.15, 0.2) is 0 Å². The molecule has 1 aromatic carbocycles. The number of piperidine rings is 1. The Hall–Kier alpha value is -1.06. The van der Waals surface area contributed by atoms with Crippen molar-refractivity contribution in [1.82, 2.24) is 4.90 Å². The van der Waals surface area contributed by atoms with Crippen LogP contribution in [0.4, 0.5) is 5.69 Å². The second-order valence-electron chi connectivity index (χ2n) is 6.63. The van der Waals surface area contributed by atoms with Gasteiger partial charge in [-0.3, -0.25) is 4.90 Å². The van der Waals surface area contributed by atoms with E-state index < -0.39 is 0 Å². The molecule has 2 N–H and O–H groups in total. The Labute approximate surface area is 129 Å². The first kappa shape index (κ1) is 14.9. The molecule has 2 aliphatic rings. The molecule has 116 valence electrons. The van der Waals surface area contributed by atoms with Gasteiger partial charge in [-0.1, -0.05) is 31.5 Å². The molecule has 0 radical (unpaired) electrons. The third-order valence-electron chi connectivity index (χ3n) is 5.18. The van der Waals surface area contributed by atoms with E-state index in [2.05, 4.69) is 41.0 Å². The largest absolute Gasteiger partial charge is 0.368 e. The van der Waals surface area contributed by atoms with Crippen molar-refractivity contribution in [3.63, 3.8) is 0 Å². The number of fused-ring (bicyclic) bond motifs is 1. The van der Waals surface area contributed by atoms with Gasteiger partial charge in [-0.25, -0.2) is 0 Å². The van der Waals surface area contributed by atoms with Crippen LogP contribution in [-0.2, 0) is 6.42 Å². The molecule has 0 aromatic heterocycles. The summed E-state index contributed by atoms with van der Waals surface area (Å²) in [5.41, 5.74) is 9.03. The average molecular weight is 287 g/mol. The van der Waals surface area contributed by atoms with Crippen molar-refractivity contribution in [1.29, 1.82) is 0 Å². The Morgan fingerprint density at radius 3 is 2.90 bits per heavy atom. The van der Waals surface area contributed by atoms with Gasteiger partial charge in [0.2, 0.25) is 0 Å². The molecule has 2 saturated heterocycles. The first-order chi connectivity index (χ1) is 10.3. The maximum atomic E-state index is 6.18. The van der Waals surface area contributed by atoms with Crippen molar-refractivity contribution in [2.75, 3.05) is 31.1 Å². The van der Waals surface area contributed by atoms with Gasteiger partial charge in [0.25, 0.3) is 0 Å². The van der Waals surface area contributed by atoms with Gasteiger partial charge in [-0.05, 0) is 43.9 Å². The molecule has 2 fully saturated rings. The number of hydrogen-bond donors (Lipinski definition) is 1. The first-order valence-electron chi connectivity index (χ1n) is 8.60. The van der Waals surface area contributed by atoms with Crippen LogP contribution in [0.3, 0.4) is 0 Å². The van der Waals surface area contributed by atoms with Crippen LogP contribution in [0.25, 0.3) is 0 Å². The Balaban J connectivity index is 1.74. The van der Waals surface area contributed by atoms with Crippen LogP contribution < -0.4 is 10.6 Å². The van der Waals surface area contributed by atoms with Crippen LogP contribution in [-0.4, -0.2) is 43.2 Å². The molecule has 2 heterocycles. The predicted octanol–water partition coefficient (Wildman–Crippen LogP) is 2.64. The Kier molecular flexibility index (Phi) is 4.81. The van der Waals surface area contributed by atoms with Crippen molar-refractivity contribution in [2.45, 2.75) is 51.1 Å². The number of nitrogens with two attached hydrogens (primary N) is 1. The third kappa shape index (κ3) is 3.41. The van der Waals surface area contributed by atoms with Gasteiger partial charge >= 0.3 is 0 Å². The van der Waals surface area contributed by atoms with E-state index in [-0.39, 0.29) is 6.04 Å². The highest BCUT2D eigenvalue weighted by Gasteiger charge is 2.29. The van der Waals surface area contributed by atoms with Crippen molar-refractivity contribution >= 4 is 5.69 Å². The van der Waals surface area contributed by atoms with Crippen molar-refractivity contribution < 1.29 is 0 Å². The van der Waals surface area contributed by atoms with Gasteiger partial charge in [0.05, 0.1) is 0 Å². The normalized spacial score (nSPS) is 24.7. The van der Waals surface area contributed by atoms with E-state index in [4.69, 9.17) is 5.73 Å². The fourth-order valence-corrected chi connectivity index (χ4v) is 3.79. The van der Waals surface area contributed by atoms with Crippen LogP contribution in [0.5, 0.6) is 0 Å². The second-order valence-corrected chi connectivity index (χ2v) is 6.63. The van der Waals surface area contributed by atoms with Crippen LogP contribution in [0.2, 0.25) is 0 Å². The summed E-state index contributed by atoms with van der Waals surface area (Å²) in [7, 11) is 0. The lowest BCUT2D eigenvalue weighted by atomic mass is 9.97. The van der Waals surface area contributed by atoms with Crippen LogP contribution in [0.1, 0.15) is 38.2 Å². The molecule has 3 rings (SSSR count). The van der Waals surface area contributed by atoms with Crippen LogP contribution in [0, 0.1) is 0 Å². The zero-order valence-corrected chi connectivity index (χ0v) is 13.3. The van der Waals surface area contributed by atoms with E-state index in [1.165, 1.54) is 50.1 Å². The molecular weight excluding hydrogens is 258 g/mol. The molecule has 3 nitrogen and oxygen atoms in total. The Morgan fingerprint density at radius 2 is 2.05 bits per heavy atom. The van der Waals surface area contributed by atoms with Crippen molar-refractivity contribution in [3.05, 3.63) is 29.8 Å². The lowest BCUT2D eigenvalue weighted by Gasteiger charge is -2.45. The molecule has 0 spiro atoms. The SMILES string of the molecule is CCC(N)Cc1ccccc1N1CCN2CCCCC2C1. The highest BCUT2D eigenvalue weighted by molar-refractivity contribution is 5.54. The van der Waals surface area contributed by atoms with Gasteiger partial charge in [0.1, 0.15) is 0 Å². The van der Waals surface area contributed by atoms with Crippen molar-refractivity contribution in [3.8, 4) is 0 Å². The van der Waals surface area contributed by atoms with E-state index in [1.807, 2.05) is 0 Å². The maximum absolute atomic E-state index is 6.18. The summed E-state index contributed by atoms with van der Waals surface area (Å²) in [5, 5.41) is 0. The number of nitrogens with zero attached hydrogens (tertiary/aromatic N) is 2. The molecule has 0 bridgehead atoms. The number of benzene rings is 1. The third-order valence-corrected chi connectivity index (χ3v) is 5.18. The smallest absolute Gasteiger partial charge is 0.0400 e. The van der Waals surface area contributed by atoms with Gasteiger partial charge in [-0.15, -0.1) is 0 Å². The summed E-state index contributed by atoms with van der Waals surface area (Å²) in [6.45, 7) is 7.06. The lowest BCUT2D eigenvalue weighted by molar-refractivity contribution is 0.133. The van der Waals surface area contributed by atoms with Gasteiger partial charge in [-0.2, -0.15) is 0 Å². The standard InChI is InChI=1S/C18H29N3/c1-2-16(19)13-15-7-3-4-9-18(15)21-12-11-20-10-6-5-8-17(20)14-21/h3-4,7,9,16-17H,2,5-6,8,10-14,19H2,1H3. The monoisotopic (exact) mass is 287 g/mol. The van der Waals surface area contributed by atoms with Crippen molar-refractivity contribution in [2.24, 2.45) is 5.73 Å². The summed E-state index contributed by atoms with van der Waals surface area (Å²) in [6, 6.07) is 9.91. The number of anilines is 1. The predicted molar refractivity (Wildman–Crippen MR) is 89.8 cm³/mol. The minimum atomic E-state index is 0.280. The molecule has 0 saturated carbocycles. The quantitative estimate of drug-likeness (QED) is 0.924. The van der Waals surface area contributed by atoms with E-state index >= 15 is 0 Å². The molecule has 0 amide bonds. The second kappa shape index (κ2) is 6.80. The number of rotatable bonds is 4. The summed E-state index contributed by atoms with van der Waals surface area (Å²) in [5.74, 6) is 0. The zero-order chi connectivity index (χ0) is 14.7. The molecule has 1 aromatic rings. The zero-order valence-electron chi connectivity index (χ0n) is 13.3. The number of piperazine rings is 1. The lowest BCUT2D eigenvalue weighted by Crippen LogP contribution is -2.55. The molecule has 21 heavy (non-hydrogen) atoms. The van der Waals surface area contributed by atoms with E-state index in [9.17, 15) is 0 Å². The summed E-state index contributed by atoms with van der Waals surface area (Å²) in [6.07, 6.45) is 6.20. The summed E-state index contributed by atoms with van der Waals surface area (Å²) >= 11 is 0. The fraction of sp³-hybridized carbons (Fsp3) is 0.667. The van der Waals surface area contributed by atoms with Gasteiger partial charge in [0, 0.05) is 37.4 Å². The van der Waals surface area contributed by atoms with Gasteiger partial charge < -0.3 is 10.6 Å². The minimum Gasteiger partial charge on any atom is -0.368 e. The van der Waals surface area contributed by atoms with E-state index in [1.54, 1.807) is 0 Å². The molecule has 2 atom stereocenters. The highest BCUT2D eigenvalue weighted by atomic mass is 15.3. The summed E-state index contributed by atoms with van der Waals surface area (Å²) in [4.78, 5) is 5.30. The topological polar surface area (TPSA) is 32.5 Å². The average Bonchev–Trinajstić information content (AvgIpc) is 2.55. The molecular formula is C18H29N3. The highest BCUT2D eigenvalue weighted by Crippen LogP contribution is 2.28. The molecule has 0 aliphatic carbocycles. The van der Waals surface area contributed by atoms with E-state index in [0.29, 0.717) is 0 Å². The molecule has 2 aliphatic heterocycles. The van der Waals surface area contributed by atoms with Crippen LogP contribution in [0.15, 0.2) is 24.3 Å². The Morgan fingerprint density at radius 1 is 1.19 bits per heavy atom. The molecule has 2 unspecified atom stereocenters. The number of hydrogen-bond acceptors (Lipinski definition) is 3. The summed E-state index contributed by atoms with van der Waals surface area (Å²) < 4.78 is 0. The minimum absolute atomic E-state index is 0.280. The fourth-order valence-electron chi connectivity index (χ4n) is 3.79. The van der Waals surface area contributed by atoms with Crippen LogP contribution >= 0.6 is 0 Å². The molecule has 3 heteroatoms. The Bertz CT molecular complexity index is 460. The van der Waals surface area contributed by atoms with E-state index in [0.717, 1.165) is 25.4 Å².